The molecule has 2 aliphatic rings. The molecule has 2 fully saturated rings. The van der Waals surface area contributed by atoms with Crippen LogP contribution in [0.2, 0.25) is 0 Å². The Morgan fingerprint density at radius 1 is 0.949 bits per heavy atom. The minimum Gasteiger partial charge on any atom is -0.354 e. The van der Waals surface area contributed by atoms with Crippen molar-refractivity contribution >= 4 is 28.5 Å². The number of carbonyl (C=O) groups is 2. The van der Waals surface area contributed by atoms with Crippen molar-refractivity contribution in [2.24, 2.45) is 0 Å². The minimum absolute atomic E-state index is 0.00759. The Kier molecular flexibility index (Phi) is 8.74. The van der Waals surface area contributed by atoms with Crippen LogP contribution in [0.15, 0.2) is 54.6 Å². The summed E-state index contributed by atoms with van der Waals surface area (Å²) in [6.45, 7) is 9.29. The number of piperazine rings is 1. The van der Waals surface area contributed by atoms with Gasteiger partial charge in [0.1, 0.15) is 5.82 Å². The number of likely N-dealkylation sites (N-methyl/N-ethyl adjacent to an activating group) is 1. The van der Waals surface area contributed by atoms with Crippen LogP contribution >= 0.6 is 0 Å². The van der Waals surface area contributed by atoms with Crippen LogP contribution in [0.3, 0.4) is 0 Å². The largest absolute Gasteiger partial charge is 0.354 e. The molecule has 2 N–H and O–H groups in total. The first-order valence-electron chi connectivity index (χ1n) is 14.1. The Labute approximate surface area is 231 Å². The summed E-state index contributed by atoms with van der Waals surface area (Å²) in [5.74, 6) is 0.825. The summed E-state index contributed by atoms with van der Waals surface area (Å²) in [6, 6.07) is 18.5. The molecule has 0 aliphatic carbocycles. The summed E-state index contributed by atoms with van der Waals surface area (Å²) in [6.07, 6.45) is 2.18. The number of anilines is 1. The summed E-state index contributed by atoms with van der Waals surface area (Å²) < 4.78 is 0. The Bertz CT molecular complexity index is 1280. The van der Waals surface area contributed by atoms with Crippen LogP contribution in [0.4, 0.5) is 5.82 Å². The molecule has 5 rings (SSSR count). The monoisotopic (exact) mass is 528 g/mol. The highest BCUT2D eigenvalue weighted by Gasteiger charge is 2.21. The van der Waals surface area contributed by atoms with Gasteiger partial charge in [0.25, 0.3) is 5.91 Å². The lowest BCUT2D eigenvalue weighted by molar-refractivity contribution is -0.122. The molecule has 8 heteroatoms. The third-order valence-corrected chi connectivity index (χ3v) is 7.93. The Morgan fingerprint density at radius 3 is 2.44 bits per heavy atom. The molecule has 0 radical (unpaired) electrons. The summed E-state index contributed by atoms with van der Waals surface area (Å²) in [5.41, 5.74) is 3.92. The first-order chi connectivity index (χ1) is 18.9. The molecule has 206 valence electrons. The van der Waals surface area contributed by atoms with Gasteiger partial charge in [-0.2, -0.15) is 0 Å². The number of pyridine rings is 1. The van der Waals surface area contributed by atoms with Crippen molar-refractivity contribution in [3.8, 4) is 0 Å². The lowest BCUT2D eigenvalue weighted by Crippen LogP contribution is -2.45. The van der Waals surface area contributed by atoms with Crippen molar-refractivity contribution in [2.45, 2.75) is 38.8 Å². The molecule has 2 amide bonds. The van der Waals surface area contributed by atoms with Crippen LogP contribution in [0, 0.1) is 6.92 Å². The smallest absolute Gasteiger partial charge is 0.251 e. The van der Waals surface area contributed by atoms with Gasteiger partial charge in [-0.05, 0) is 62.2 Å². The van der Waals surface area contributed by atoms with Gasteiger partial charge in [-0.25, -0.2) is 4.98 Å². The molecule has 0 saturated carbocycles. The summed E-state index contributed by atoms with van der Waals surface area (Å²) in [4.78, 5) is 37.3. The molecule has 8 nitrogen and oxygen atoms in total. The number of piperidine rings is 1. The average molecular weight is 529 g/mol. The zero-order chi connectivity index (χ0) is 27.2. The van der Waals surface area contributed by atoms with E-state index in [4.69, 9.17) is 4.98 Å². The van der Waals surface area contributed by atoms with Crippen LogP contribution in [-0.4, -0.2) is 85.5 Å². The fourth-order valence-corrected chi connectivity index (χ4v) is 5.48. The third kappa shape index (κ3) is 7.13. The van der Waals surface area contributed by atoms with Gasteiger partial charge >= 0.3 is 0 Å². The van der Waals surface area contributed by atoms with E-state index in [2.05, 4.69) is 69.6 Å². The number of benzene rings is 2. The lowest BCUT2D eigenvalue weighted by Gasteiger charge is -2.33. The number of likely N-dealkylation sites (tertiary alicyclic amines) is 1. The van der Waals surface area contributed by atoms with Crippen molar-refractivity contribution in [1.29, 1.82) is 0 Å². The predicted molar refractivity (Wildman–Crippen MR) is 156 cm³/mol. The van der Waals surface area contributed by atoms with Crippen LogP contribution in [0.5, 0.6) is 0 Å². The highest BCUT2D eigenvalue weighted by Crippen LogP contribution is 2.24. The van der Waals surface area contributed by atoms with Gasteiger partial charge in [0.2, 0.25) is 5.91 Å². The Hall–Kier alpha value is -3.49. The molecule has 2 aromatic carbocycles. The van der Waals surface area contributed by atoms with Crippen molar-refractivity contribution in [3.05, 3.63) is 71.3 Å². The van der Waals surface area contributed by atoms with Gasteiger partial charge in [0, 0.05) is 75.8 Å². The molecule has 0 atom stereocenters. The molecule has 0 unspecified atom stereocenters. The second-order valence-electron chi connectivity index (χ2n) is 10.9. The molecule has 0 spiro atoms. The predicted octanol–water partition coefficient (Wildman–Crippen LogP) is 3.20. The Balaban J connectivity index is 1.07. The van der Waals surface area contributed by atoms with E-state index >= 15 is 0 Å². The van der Waals surface area contributed by atoms with E-state index in [9.17, 15) is 9.59 Å². The fraction of sp³-hybridized carbons (Fsp3) is 0.452. The van der Waals surface area contributed by atoms with Crippen LogP contribution < -0.4 is 15.5 Å². The number of nitrogens with zero attached hydrogens (tertiary/aromatic N) is 4. The molecular weight excluding hydrogens is 488 g/mol. The number of aromatic nitrogens is 1. The number of rotatable bonds is 8. The molecule has 0 bridgehead atoms. The van der Waals surface area contributed by atoms with E-state index in [1.165, 1.54) is 5.56 Å². The van der Waals surface area contributed by atoms with Gasteiger partial charge in [-0.15, -0.1) is 0 Å². The number of aryl methyl sites for hydroxylation is 1. The number of hydrogen-bond acceptors (Lipinski definition) is 6. The molecule has 2 aliphatic heterocycles. The third-order valence-electron chi connectivity index (χ3n) is 7.93. The average Bonchev–Trinajstić information content (AvgIpc) is 2.95. The van der Waals surface area contributed by atoms with Crippen LogP contribution in [0.1, 0.15) is 40.7 Å². The standard InChI is InChI=1S/C31H40N6O2/c1-23-20-29(37-18-16-35(2)17-19-37)34-28-9-8-25(21-27(23)28)31(39)32-13-10-30(38)33-26-11-14-36(15-12-26)22-24-6-4-3-5-7-24/h3-9,20-21,26H,10-19,22H2,1-2H3,(H,32,39)(H,33,38). The maximum atomic E-state index is 12.8. The van der Waals surface area contributed by atoms with Crippen molar-refractivity contribution in [1.82, 2.24) is 25.4 Å². The molecule has 1 aromatic heterocycles. The van der Waals surface area contributed by atoms with Gasteiger partial charge in [0.15, 0.2) is 0 Å². The second kappa shape index (κ2) is 12.6. The lowest BCUT2D eigenvalue weighted by atomic mass is 10.0. The van der Waals surface area contributed by atoms with E-state index in [-0.39, 0.29) is 24.3 Å². The number of carbonyl (C=O) groups excluding carboxylic acids is 2. The number of hydrogen-bond donors (Lipinski definition) is 2. The molecule has 2 saturated heterocycles. The summed E-state index contributed by atoms with van der Waals surface area (Å²) in [7, 11) is 2.15. The van der Waals surface area contributed by atoms with Crippen molar-refractivity contribution < 1.29 is 9.59 Å². The van der Waals surface area contributed by atoms with Crippen molar-refractivity contribution in [3.63, 3.8) is 0 Å². The van der Waals surface area contributed by atoms with E-state index in [1.807, 2.05) is 24.3 Å². The first-order valence-corrected chi connectivity index (χ1v) is 14.1. The van der Waals surface area contributed by atoms with Gasteiger partial charge in [-0.3, -0.25) is 14.5 Å². The van der Waals surface area contributed by atoms with Crippen LogP contribution in [0.25, 0.3) is 10.9 Å². The van der Waals surface area contributed by atoms with E-state index in [0.717, 1.165) is 80.9 Å². The van der Waals surface area contributed by atoms with E-state index < -0.39 is 0 Å². The van der Waals surface area contributed by atoms with E-state index in [0.29, 0.717) is 12.1 Å². The summed E-state index contributed by atoms with van der Waals surface area (Å²) in [5, 5.41) is 7.05. The Morgan fingerprint density at radius 2 is 1.69 bits per heavy atom. The quantitative estimate of drug-likeness (QED) is 0.468. The first kappa shape index (κ1) is 27.1. The maximum absolute atomic E-state index is 12.8. The molecule has 39 heavy (non-hydrogen) atoms. The van der Waals surface area contributed by atoms with Gasteiger partial charge in [0.05, 0.1) is 5.52 Å². The molecular formula is C31H40N6O2. The van der Waals surface area contributed by atoms with E-state index in [1.54, 1.807) is 0 Å². The SMILES string of the molecule is Cc1cc(N2CCN(C)CC2)nc2ccc(C(=O)NCCC(=O)NC3CCN(Cc4ccccc4)CC3)cc12. The topological polar surface area (TPSA) is 80.8 Å². The zero-order valence-corrected chi connectivity index (χ0v) is 23.2. The van der Waals surface area contributed by atoms with Crippen molar-refractivity contribution in [2.75, 3.05) is 57.8 Å². The molecule has 3 aromatic rings. The highest BCUT2D eigenvalue weighted by atomic mass is 16.2. The second-order valence-corrected chi connectivity index (χ2v) is 10.9. The number of fused-ring (bicyclic) bond motifs is 1. The normalized spacial score (nSPS) is 17.3. The number of amides is 2. The molecule has 3 heterocycles. The highest BCUT2D eigenvalue weighted by molar-refractivity contribution is 5.99. The number of nitrogens with one attached hydrogen (secondary N) is 2. The summed E-state index contributed by atoms with van der Waals surface area (Å²) >= 11 is 0. The maximum Gasteiger partial charge on any atom is 0.251 e. The van der Waals surface area contributed by atoms with Gasteiger partial charge in [-0.1, -0.05) is 30.3 Å². The fourth-order valence-electron chi connectivity index (χ4n) is 5.48. The minimum atomic E-state index is -0.165. The van der Waals surface area contributed by atoms with Crippen LogP contribution in [-0.2, 0) is 11.3 Å². The van der Waals surface area contributed by atoms with Gasteiger partial charge < -0.3 is 20.4 Å². The zero-order valence-electron chi connectivity index (χ0n) is 23.2.